The number of nitrogens with zero attached hydrogens (tertiary/aromatic N) is 2. The van der Waals surface area contributed by atoms with Crippen LogP contribution in [0.25, 0.3) is 17.1 Å². The molecule has 6 nitrogen and oxygen atoms in total. The van der Waals surface area contributed by atoms with Crippen molar-refractivity contribution in [2.24, 2.45) is 0 Å². The molecule has 0 aliphatic heterocycles. The maximum atomic E-state index is 12.7. The van der Waals surface area contributed by atoms with Gasteiger partial charge in [0, 0.05) is 6.07 Å². The number of nitrogens with one attached hydrogen (secondary N) is 1. The molecule has 174 valence electrons. The van der Waals surface area contributed by atoms with Gasteiger partial charge >= 0.3 is 5.69 Å². The first kappa shape index (κ1) is 22.2. The molecule has 0 unspecified atom stereocenters. The molecule has 35 heavy (non-hydrogen) atoms. The van der Waals surface area contributed by atoms with E-state index in [2.05, 4.69) is 10.2 Å². The molecule has 0 aliphatic carbocycles. The number of ether oxygens (including phenoxy) is 2. The Labute approximate surface area is 203 Å². The summed E-state index contributed by atoms with van der Waals surface area (Å²) in [6, 6.07) is 33.2. The zero-order valence-electron chi connectivity index (χ0n) is 19.3. The van der Waals surface area contributed by atoms with Crippen LogP contribution in [-0.2, 0) is 13.2 Å². The van der Waals surface area contributed by atoms with Crippen molar-refractivity contribution in [1.82, 2.24) is 14.8 Å². The van der Waals surface area contributed by atoms with Gasteiger partial charge in [-0.1, -0.05) is 78.4 Å². The summed E-state index contributed by atoms with van der Waals surface area (Å²) in [5.74, 6) is 1.71. The molecule has 0 fully saturated rings. The van der Waals surface area contributed by atoms with Crippen LogP contribution in [0.4, 0.5) is 0 Å². The molecule has 0 spiro atoms. The highest BCUT2D eigenvalue weighted by Crippen LogP contribution is 2.34. The summed E-state index contributed by atoms with van der Waals surface area (Å²) in [5.41, 5.74) is 4.31. The first-order valence-corrected chi connectivity index (χ1v) is 11.4. The zero-order chi connectivity index (χ0) is 24.0. The van der Waals surface area contributed by atoms with Crippen molar-refractivity contribution in [2.75, 3.05) is 0 Å². The van der Waals surface area contributed by atoms with Crippen LogP contribution >= 0.6 is 0 Å². The van der Waals surface area contributed by atoms with E-state index in [-0.39, 0.29) is 5.69 Å². The van der Waals surface area contributed by atoms with E-state index in [1.165, 1.54) is 0 Å². The van der Waals surface area contributed by atoms with E-state index in [1.807, 2.05) is 110 Å². The fourth-order valence-electron chi connectivity index (χ4n) is 3.78. The minimum Gasteiger partial charge on any atom is -0.489 e. The van der Waals surface area contributed by atoms with E-state index in [1.54, 1.807) is 4.57 Å². The average molecular weight is 464 g/mol. The number of benzene rings is 4. The molecule has 4 aromatic carbocycles. The summed E-state index contributed by atoms with van der Waals surface area (Å²) in [6.07, 6.45) is 0. The van der Waals surface area contributed by atoms with Crippen LogP contribution in [0, 0.1) is 6.92 Å². The van der Waals surface area contributed by atoms with Gasteiger partial charge in [-0.25, -0.2) is 14.5 Å². The number of aryl methyl sites for hydroxylation is 1. The van der Waals surface area contributed by atoms with E-state index < -0.39 is 0 Å². The number of H-pyrrole nitrogens is 1. The van der Waals surface area contributed by atoms with Crippen LogP contribution in [0.2, 0.25) is 0 Å². The average Bonchev–Trinajstić information content (AvgIpc) is 3.29. The second-order valence-corrected chi connectivity index (χ2v) is 8.23. The predicted molar refractivity (Wildman–Crippen MR) is 136 cm³/mol. The standard InChI is InChI=1S/C29H25N3O3/c1-21-12-14-24(15-13-21)32-28(30-31-29(32)33)26-17-16-25(34-19-22-8-4-2-5-9-22)18-27(26)35-20-23-10-6-3-7-11-23/h2-18H,19-20H2,1H3,(H,31,33). The number of hydrogen-bond acceptors (Lipinski definition) is 4. The van der Waals surface area contributed by atoms with E-state index in [0.29, 0.717) is 36.1 Å². The molecule has 0 amide bonds. The van der Waals surface area contributed by atoms with Gasteiger partial charge in [-0.3, -0.25) is 0 Å². The number of aromatic nitrogens is 3. The molecule has 1 N–H and O–H groups in total. The van der Waals surface area contributed by atoms with Gasteiger partial charge < -0.3 is 9.47 Å². The van der Waals surface area contributed by atoms with E-state index in [4.69, 9.17) is 9.47 Å². The molecular formula is C29H25N3O3. The molecule has 0 saturated carbocycles. The summed E-state index contributed by atoms with van der Waals surface area (Å²) < 4.78 is 13.8. The first-order chi connectivity index (χ1) is 17.2. The Kier molecular flexibility index (Phi) is 6.44. The van der Waals surface area contributed by atoms with Crippen LogP contribution in [0.1, 0.15) is 16.7 Å². The number of hydrogen-bond donors (Lipinski definition) is 1. The van der Waals surface area contributed by atoms with Gasteiger partial charge in [-0.15, -0.1) is 0 Å². The van der Waals surface area contributed by atoms with Crippen molar-refractivity contribution in [3.8, 4) is 28.6 Å². The minimum absolute atomic E-state index is 0.317. The normalized spacial score (nSPS) is 10.8. The van der Waals surface area contributed by atoms with Gasteiger partial charge in [-0.05, 0) is 42.3 Å². The summed E-state index contributed by atoms with van der Waals surface area (Å²) in [4.78, 5) is 12.7. The first-order valence-electron chi connectivity index (χ1n) is 11.4. The highest BCUT2D eigenvalue weighted by Gasteiger charge is 2.18. The van der Waals surface area contributed by atoms with Crippen LogP contribution in [-0.4, -0.2) is 14.8 Å². The third-order valence-electron chi connectivity index (χ3n) is 5.64. The predicted octanol–water partition coefficient (Wildman–Crippen LogP) is 5.69. The number of rotatable bonds is 8. The second kappa shape index (κ2) is 10.1. The highest BCUT2D eigenvalue weighted by atomic mass is 16.5. The van der Waals surface area contributed by atoms with Gasteiger partial charge in [0.15, 0.2) is 5.82 Å². The lowest BCUT2D eigenvalue weighted by molar-refractivity contribution is 0.290. The fraction of sp³-hybridized carbons (Fsp3) is 0.103. The summed E-state index contributed by atoms with van der Waals surface area (Å²) in [7, 11) is 0. The Morgan fingerprint density at radius 1 is 0.771 bits per heavy atom. The van der Waals surface area contributed by atoms with Crippen molar-refractivity contribution in [2.45, 2.75) is 20.1 Å². The smallest absolute Gasteiger partial charge is 0.348 e. The molecule has 0 saturated heterocycles. The Morgan fingerprint density at radius 3 is 2.06 bits per heavy atom. The lowest BCUT2D eigenvalue weighted by Gasteiger charge is -2.15. The molecule has 0 bridgehead atoms. The zero-order valence-corrected chi connectivity index (χ0v) is 19.3. The van der Waals surface area contributed by atoms with Gasteiger partial charge in [0.1, 0.15) is 24.7 Å². The molecule has 6 heteroatoms. The summed E-state index contributed by atoms with van der Waals surface area (Å²) in [5, 5.41) is 6.91. The van der Waals surface area contributed by atoms with Crippen LogP contribution < -0.4 is 15.2 Å². The van der Waals surface area contributed by atoms with Crippen molar-refractivity contribution in [1.29, 1.82) is 0 Å². The number of aromatic amines is 1. The SMILES string of the molecule is Cc1ccc(-n2c(-c3ccc(OCc4ccccc4)cc3OCc3ccccc3)n[nH]c2=O)cc1. The van der Waals surface area contributed by atoms with E-state index in [9.17, 15) is 4.79 Å². The summed E-state index contributed by atoms with van der Waals surface area (Å²) >= 11 is 0. The Bertz CT molecular complexity index is 1460. The monoisotopic (exact) mass is 463 g/mol. The van der Waals surface area contributed by atoms with Gasteiger partial charge in [-0.2, -0.15) is 5.10 Å². The molecule has 5 rings (SSSR count). The van der Waals surface area contributed by atoms with Crippen molar-refractivity contribution < 1.29 is 9.47 Å². The Hall–Kier alpha value is -4.58. The minimum atomic E-state index is -0.317. The van der Waals surface area contributed by atoms with Crippen molar-refractivity contribution in [3.63, 3.8) is 0 Å². The fourth-order valence-corrected chi connectivity index (χ4v) is 3.78. The molecular weight excluding hydrogens is 438 g/mol. The largest absolute Gasteiger partial charge is 0.489 e. The molecule has 1 heterocycles. The third-order valence-corrected chi connectivity index (χ3v) is 5.64. The molecule has 1 aromatic heterocycles. The Balaban J connectivity index is 1.51. The van der Waals surface area contributed by atoms with E-state index >= 15 is 0 Å². The van der Waals surface area contributed by atoms with Crippen LogP contribution in [0.5, 0.6) is 11.5 Å². The van der Waals surface area contributed by atoms with Crippen LogP contribution in [0.15, 0.2) is 108 Å². The third kappa shape index (κ3) is 5.17. The topological polar surface area (TPSA) is 69.1 Å². The lowest BCUT2D eigenvalue weighted by Crippen LogP contribution is -2.15. The van der Waals surface area contributed by atoms with Crippen molar-refractivity contribution >= 4 is 0 Å². The van der Waals surface area contributed by atoms with E-state index in [0.717, 1.165) is 22.4 Å². The molecule has 0 aliphatic rings. The molecule has 0 atom stereocenters. The van der Waals surface area contributed by atoms with Crippen LogP contribution in [0.3, 0.4) is 0 Å². The van der Waals surface area contributed by atoms with Gasteiger partial charge in [0.05, 0.1) is 11.3 Å². The highest BCUT2D eigenvalue weighted by molar-refractivity contribution is 5.67. The molecule has 5 aromatic rings. The summed E-state index contributed by atoms with van der Waals surface area (Å²) in [6.45, 7) is 2.82. The van der Waals surface area contributed by atoms with Gasteiger partial charge in [0.25, 0.3) is 0 Å². The quantitative estimate of drug-likeness (QED) is 0.321. The van der Waals surface area contributed by atoms with Gasteiger partial charge in [0.2, 0.25) is 0 Å². The maximum absolute atomic E-state index is 12.7. The maximum Gasteiger partial charge on any atom is 0.348 e. The Morgan fingerprint density at radius 2 is 1.40 bits per heavy atom. The molecule has 0 radical (unpaired) electrons. The lowest BCUT2D eigenvalue weighted by atomic mass is 10.1. The van der Waals surface area contributed by atoms with Crippen molar-refractivity contribution in [3.05, 3.63) is 130 Å². The second-order valence-electron chi connectivity index (χ2n) is 8.23.